The third kappa shape index (κ3) is 4.71. The number of nitrogens with one attached hydrogen (secondary N) is 3. The highest BCUT2D eigenvalue weighted by atomic mass is 19.1. The summed E-state index contributed by atoms with van der Waals surface area (Å²) in [6, 6.07) is 4.29. The molecule has 3 aromatic rings. The van der Waals surface area contributed by atoms with Crippen molar-refractivity contribution in [3.8, 4) is 11.3 Å². The van der Waals surface area contributed by atoms with E-state index in [2.05, 4.69) is 31.0 Å². The van der Waals surface area contributed by atoms with Crippen LogP contribution in [-0.4, -0.2) is 44.3 Å². The molecular weight excluding hydrogens is 448 g/mol. The van der Waals surface area contributed by atoms with E-state index < -0.39 is 29.5 Å². The molecule has 178 valence electrons. The van der Waals surface area contributed by atoms with Crippen LogP contribution in [0.25, 0.3) is 11.3 Å². The molecule has 4 rings (SSSR count). The molecule has 1 aliphatic rings. The summed E-state index contributed by atoms with van der Waals surface area (Å²) in [6.45, 7) is 1.40. The number of pyridine rings is 2. The minimum absolute atomic E-state index is 0.116. The van der Waals surface area contributed by atoms with Crippen molar-refractivity contribution in [1.82, 2.24) is 25.1 Å². The van der Waals surface area contributed by atoms with E-state index in [-0.39, 0.29) is 17.3 Å². The molecule has 1 saturated carbocycles. The van der Waals surface area contributed by atoms with Crippen LogP contribution in [0.5, 0.6) is 0 Å². The summed E-state index contributed by atoms with van der Waals surface area (Å²) in [6.07, 6.45) is 3.33. The van der Waals surface area contributed by atoms with E-state index in [4.69, 9.17) is 4.74 Å². The second-order valence-electron chi connectivity index (χ2n) is 7.95. The number of hydrogen-bond donors (Lipinski definition) is 3. The number of nitrogens with zero attached hydrogens (tertiary/aromatic N) is 4. The van der Waals surface area contributed by atoms with Gasteiger partial charge in [-0.15, -0.1) is 0 Å². The number of rotatable bonds is 7. The van der Waals surface area contributed by atoms with Gasteiger partial charge in [-0.2, -0.15) is 9.49 Å². The predicted octanol–water partition coefficient (Wildman–Crippen LogP) is 3.16. The Bertz CT molecular complexity index is 1230. The van der Waals surface area contributed by atoms with Crippen molar-refractivity contribution in [3.63, 3.8) is 0 Å². The van der Waals surface area contributed by atoms with Gasteiger partial charge in [0, 0.05) is 7.05 Å². The predicted molar refractivity (Wildman–Crippen MR) is 119 cm³/mol. The first-order valence-electron chi connectivity index (χ1n) is 10.5. The molecule has 3 aromatic heterocycles. The number of anilines is 2. The molecule has 10 nitrogen and oxygen atoms in total. The normalized spacial score (nSPS) is 14.9. The van der Waals surface area contributed by atoms with Crippen LogP contribution in [0.15, 0.2) is 36.8 Å². The maximum Gasteiger partial charge on any atom is 0.413 e. The maximum atomic E-state index is 13.9. The Balaban J connectivity index is 1.45. The molecule has 34 heavy (non-hydrogen) atoms. The lowest BCUT2D eigenvalue weighted by Crippen LogP contribution is -2.40. The van der Waals surface area contributed by atoms with Crippen LogP contribution in [0.2, 0.25) is 0 Å². The summed E-state index contributed by atoms with van der Waals surface area (Å²) in [4.78, 5) is 32.5. The summed E-state index contributed by atoms with van der Waals surface area (Å²) >= 11 is 0. The highest BCUT2D eigenvalue weighted by Crippen LogP contribution is 2.36. The van der Waals surface area contributed by atoms with Gasteiger partial charge in [-0.3, -0.25) is 19.8 Å². The minimum Gasteiger partial charge on any atom is -0.441 e. The van der Waals surface area contributed by atoms with Crippen LogP contribution in [0, 0.1) is 11.8 Å². The Morgan fingerprint density at radius 3 is 2.56 bits per heavy atom. The first kappa shape index (κ1) is 23.2. The molecule has 0 spiro atoms. The molecule has 0 unspecified atom stereocenters. The van der Waals surface area contributed by atoms with Gasteiger partial charge in [0.05, 0.1) is 46.6 Å². The van der Waals surface area contributed by atoms with Crippen LogP contribution >= 0.6 is 0 Å². The average molecular weight is 471 g/mol. The third-order valence-electron chi connectivity index (χ3n) is 5.67. The van der Waals surface area contributed by atoms with Gasteiger partial charge in [0.25, 0.3) is 0 Å². The van der Waals surface area contributed by atoms with Crippen molar-refractivity contribution in [2.45, 2.75) is 31.4 Å². The molecule has 0 aliphatic heterocycles. The van der Waals surface area contributed by atoms with Gasteiger partial charge in [0.15, 0.2) is 0 Å². The van der Waals surface area contributed by atoms with Gasteiger partial charge in [-0.25, -0.2) is 14.2 Å². The number of amides is 2. The number of aromatic nitrogens is 4. The van der Waals surface area contributed by atoms with Gasteiger partial charge in [-0.05, 0) is 45.0 Å². The number of likely N-dealkylation sites (N-methyl/N-ethyl adjacent to an activating group) is 1. The minimum atomic E-state index is -1.09. The summed E-state index contributed by atoms with van der Waals surface area (Å²) in [5.41, 5.74) is 0.821. The van der Waals surface area contributed by atoms with Crippen molar-refractivity contribution >= 4 is 23.5 Å². The molecule has 0 aromatic carbocycles. The zero-order chi connectivity index (χ0) is 24.5. The Morgan fingerprint density at radius 2 is 1.91 bits per heavy atom. The second kappa shape index (κ2) is 9.14. The number of ether oxygens (including phenoxy) is 1. The van der Waals surface area contributed by atoms with Crippen molar-refractivity contribution in [2.75, 3.05) is 17.7 Å². The summed E-state index contributed by atoms with van der Waals surface area (Å²) < 4.78 is 33.8. The monoisotopic (exact) mass is 471 g/mol. The number of carbonyl (C=O) groups is 2. The number of aryl methyl sites for hydroxylation is 1. The van der Waals surface area contributed by atoms with E-state index in [9.17, 15) is 18.4 Å². The number of hydrogen-bond acceptors (Lipinski definition) is 7. The van der Waals surface area contributed by atoms with Crippen molar-refractivity contribution in [3.05, 3.63) is 54.1 Å². The first-order chi connectivity index (χ1) is 16.2. The Hall–Kier alpha value is -3.93. The van der Waals surface area contributed by atoms with Crippen molar-refractivity contribution in [1.29, 1.82) is 0 Å². The molecule has 0 saturated heterocycles. The third-order valence-corrected chi connectivity index (χ3v) is 5.67. The van der Waals surface area contributed by atoms with E-state index in [0.717, 1.165) is 25.1 Å². The van der Waals surface area contributed by atoms with E-state index >= 15 is 0 Å². The maximum absolute atomic E-state index is 13.9. The fourth-order valence-corrected chi connectivity index (χ4v) is 3.44. The second-order valence-corrected chi connectivity index (χ2v) is 7.95. The zero-order valence-corrected chi connectivity index (χ0v) is 18.7. The average Bonchev–Trinajstić information content (AvgIpc) is 3.54. The van der Waals surface area contributed by atoms with Crippen molar-refractivity contribution in [2.24, 2.45) is 7.05 Å². The van der Waals surface area contributed by atoms with Gasteiger partial charge in [0.1, 0.15) is 17.7 Å². The van der Waals surface area contributed by atoms with Crippen LogP contribution < -0.4 is 16.0 Å². The molecule has 1 fully saturated rings. The molecule has 3 heterocycles. The van der Waals surface area contributed by atoms with Crippen LogP contribution in [0.3, 0.4) is 0 Å². The molecule has 0 bridgehead atoms. The van der Waals surface area contributed by atoms with E-state index in [1.165, 1.54) is 24.0 Å². The summed E-state index contributed by atoms with van der Waals surface area (Å²) in [7, 11) is 3.36. The molecule has 0 radical (unpaired) electrons. The highest BCUT2D eigenvalue weighted by Gasteiger charge is 2.48. The number of halogens is 2. The summed E-state index contributed by atoms with van der Waals surface area (Å²) in [5.74, 6) is -1.51. The standard InChI is InChI=1S/C22H23F2N7O3/c1-12(15-8-13(23)9-27-18(15)24)34-21(33)30-19-16(11-28-31(19)3)17-5-4-14(10-26-17)29-20(32)22(25-2)6-7-22/h4-5,8-12,25H,6-7H2,1-3H3,(H,29,32)(H,30,33)/t12-/m1/s1. The van der Waals surface area contributed by atoms with Crippen molar-refractivity contribution < 1.29 is 23.1 Å². The highest BCUT2D eigenvalue weighted by molar-refractivity contribution is 6.00. The first-order valence-corrected chi connectivity index (χ1v) is 10.5. The molecule has 2 amide bonds. The SMILES string of the molecule is CNC1(C(=O)Nc2ccc(-c3cnn(C)c3NC(=O)O[C@H](C)c3cc(F)cnc3F)nc2)CC1. The van der Waals surface area contributed by atoms with E-state index in [1.54, 1.807) is 26.2 Å². The molecule has 1 atom stereocenters. The van der Waals surface area contributed by atoms with Crippen LogP contribution in [-0.2, 0) is 16.6 Å². The largest absolute Gasteiger partial charge is 0.441 e. The smallest absolute Gasteiger partial charge is 0.413 e. The quantitative estimate of drug-likeness (QED) is 0.452. The molecular formula is C22H23F2N7O3. The van der Waals surface area contributed by atoms with Gasteiger partial charge in [0.2, 0.25) is 11.9 Å². The Morgan fingerprint density at radius 1 is 1.15 bits per heavy atom. The van der Waals surface area contributed by atoms with Gasteiger partial charge in [-0.1, -0.05) is 0 Å². The topological polar surface area (TPSA) is 123 Å². The summed E-state index contributed by atoms with van der Waals surface area (Å²) in [5, 5.41) is 12.6. The zero-order valence-electron chi connectivity index (χ0n) is 18.7. The molecule has 3 N–H and O–H groups in total. The fraction of sp³-hybridized carbons (Fsp3) is 0.318. The Kier molecular flexibility index (Phi) is 6.24. The number of carbonyl (C=O) groups excluding carboxylic acids is 2. The van der Waals surface area contributed by atoms with E-state index in [0.29, 0.717) is 16.9 Å². The fourth-order valence-electron chi connectivity index (χ4n) is 3.44. The lowest BCUT2D eigenvalue weighted by molar-refractivity contribution is -0.119. The van der Waals surface area contributed by atoms with Crippen LogP contribution in [0.1, 0.15) is 31.4 Å². The van der Waals surface area contributed by atoms with E-state index in [1.807, 2.05) is 0 Å². The van der Waals surface area contributed by atoms with Gasteiger partial charge >= 0.3 is 6.09 Å². The Labute approximate surface area is 193 Å². The molecule has 12 heteroatoms. The lowest BCUT2D eigenvalue weighted by Gasteiger charge is -2.15. The van der Waals surface area contributed by atoms with Gasteiger partial charge < -0.3 is 15.4 Å². The lowest BCUT2D eigenvalue weighted by atomic mass is 10.2. The van der Waals surface area contributed by atoms with Crippen LogP contribution in [0.4, 0.5) is 25.1 Å². The molecule has 1 aliphatic carbocycles.